The molecule has 1 aromatic carbocycles. The van der Waals surface area contributed by atoms with Crippen LogP contribution in [0.15, 0.2) is 47.4 Å². The Kier molecular flexibility index (Phi) is 2.63. The highest BCUT2D eigenvalue weighted by atomic mass is 32.1. The molecule has 0 saturated heterocycles. The van der Waals surface area contributed by atoms with Crippen molar-refractivity contribution in [1.29, 1.82) is 0 Å². The fourth-order valence-corrected chi connectivity index (χ4v) is 3.11. The Bertz CT molecular complexity index is 505. The molecule has 0 amide bonds. The molecule has 0 N–H and O–H groups in total. The highest BCUT2D eigenvalue weighted by Gasteiger charge is 2.11. The molecule has 0 radical (unpaired) electrons. The van der Waals surface area contributed by atoms with Crippen molar-refractivity contribution in [3.63, 3.8) is 0 Å². The summed E-state index contributed by atoms with van der Waals surface area (Å²) in [6, 6.07) is 13.0. The number of thiophene rings is 1. The fourth-order valence-electron chi connectivity index (χ4n) is 2.25. The molecule has 1 heteroatoms. The van der Waals surface area contributed by atoms with Crippen LogP contribution in [0.5, 0.6) is 0 Å². The van der Waals surface area contributed by atoms with Crippen molar-refractivity contribution in [3.05, 3.63) is 63.4 Å². The fraction of sp³-hybridized carbons (Fsp3) is 0.200. The Morgan fingerprint density at radius 1 is 1.00 bits per heavy atom. The predicted octanol–water partition coefficient (Wildman–Crippen LogP) is 4.32. The van der Waals surface area contributed by atoms with E-state index in [1.165, 1.54) is 24.0 Å². The molecule has 1 aliphatic rings. The summed E-state index contributed by atoms with van der Waals surface area (Å²) in [5.74, 6) is 0. The molecule has 1 heterocycles. The van der Waals surface area contributed by atoms with Gasteiger partial charge in [-0.3, -0.25) is 0 Å². The van der Waals surface area contributed by atoms with Crippen LogP contribution in [0.4, 0.5) is 0 Å². The van der Waals surface area contributed by atoms with E-state index in [2.05, 4.69) is 47.9 Å². The number of benzene rings is 1. The van der Waals surface area contributed by atoms with Gasteiger partial charge in [-0.05, 0) is 41.8 Å². The number of fused-ring (bicyclic) bond motifs is 1. The molecule has 0 saturated carbocycles. The third-order valence-electron chi connectivity index (χ3n) is 3.09. The van der Waals surface area contributed by atoms with Crippen LogP contribution in [-0.4, -0.2) is 0 Å². The van der Waals surface area contributed by atoms with E-state index in [-0.39, 0.29) is 0 Å². The molecular formula is C15H14S. The monoisotopic (exact) mass is 226 g/mol. The highest BCUT2D eigenvalue weighted by Crippen LogP contribution is 2.29. The lowest BCUT2D eigenvalue weighted by Gasteiger charge is -2.13. The molecule has 0 nitrogen and oxygen atoms in total. The van der Waals surface area contributed by atoms with E-state index in [4.69, 9.17) is 0 Å². The van der Waals surface area contributed by atoms with Gasteiger partial charge in [0, 0.05) is 4.88 Å². The van der Waals surface area contributed by atoms with Gasteiger partial charge in [-0.2, -0.15) is 0 Å². The maximum Gasteiger partial charge on any atom is 0.0121 e. The largest absolute Gasteiger partial charge is 0.148 e. The standard InChI is InChI=1S/C15H14S/c1-2-4-12(5-3-1)10-13-6-7-15-14(11-13)8-9-16-15/h1-5,8-9,11H,6-7,10H2. The molecule has 0 aliphatic heterocycles. The average molecular weight is 226 g/mol. The SMILES string of the molecule is C1=C(Cc2ccccc2)CCc2sccc21. The number of hydrogen-bond donors (Lipinski definition) is 0. The second-order valence-electron chi connectivity index (χ2n) is 4.26. The molecule has 3 rings (SSSR count). The van der Waals surface area contributed by atoms with E-state index >= 15 is 0 Å². The summed E-state index contributed by atoms with van der Waals surface area (Å²) in [4.78, 5) is 1.55. The van der Waals surface area contributed by atoms with Crippen LogP contribution in [0.25, 0.3) is 6.08 Å². The summed E-state index contributed by atoms with van der Waals surface area (Å²) in [6.07, 6.45) is 5.94. The topological polar surface area (TPSA) is 0 Å². The lowest BCUT2D eigenvalue weighted by Crippen LogP contribution is -1.98. The van der Waals surface area contributed by atoms with Crippen molar-refractivity contribution in [2.24, 2.45) is 0 Å². The lowest BCUT2D eigenvalue weighted by atomic mass is 9.94. The normalized spacial score (nSPS) is 14.4. The van der Waals surface area contributed by atoms with Gasteiger partial charge in [0.1, 0.15) is 0 Å². The smallest absolute Gasteiger partial charge is 0.0121 e. The maximum atomic E-state index is 2.38. The molecule has 0 fully saturated rings. The zero-order chi connectivity index (χ0) is 10.8. The van der Waals surface area contributed by atoms with E-state index in [9.17, 15) is 0 Å². The van der Waals surface area contributed by atoms with Crippen LogP contribution in [0.1, 0.15) is 22.4 Å². The molecular weight excluding hydrogens is 212 g/mol. The van der Waals surface area contributed by atoms with Gasteiger partial charge >= 0.3 is 0 Å². The summed E-state index contributed by atoms with van der Waals surface area (Å²) in [6.45, 7) is 0. The number of hydrogen-bond acceptors (Lipinski definition) is 1. The molecule has 0 atom stereocenters. The molecule has 1 aliphatic carbocycles. The van der Waals surface area contributed by atoms with Crippen molar-refractivity contribution in [1.82, 2.24) is 0 Å². The zero-order valence-electron chi connectivity index (χ0n) is 9.15. The van der Waals surface area contributed by atoms with Gasteiger partial charge in [-0.1, -0.05) is 42.0 Å². The van der Waals surface area contributed by atoms with E-state index in [0.717, 1.165) is 6.42 Å². The Hall–Kier alpha value is -1.34. The first kappa shape index (κ1) is 9.86. The van der Waals surface area contributed by atoms with Gasteiger partial charge in [0.25, 0.3) is 0 Å². The van der Waals surface area contributed by atoms with Crippen molar-refractivity contribution in [3.8, 4) is 0 Å². The maximum absolute atomic E-state index is 2.38. The molecule has 1 aromatic heterocycles. The molecule has 0 spiro atoms. The van der Waals surface area contributed by atoms with Gasteiger partial charge in [0.05, 0.1) is 0 Å². The summed E-state index contributed by atoms with van der Waals surface area (Å²) in [5.41, 5.74) is 4.44. The van der Waals surface area contributed by atoms with Gasteiger partial charge in [0.2, 0.25) is 0 Å². The molecule has 0 bridgehead atoms. The third kappa shape index (κ3) is 1.96. The van der Waals surface area contributed by atoms with Crippen molar-refractivity contribution in [2.45, 2.75) is 19.3 Å². The van der Waals surface area contributed by atoms with E-state index in [1.807, 2.05) is 11.3 Å². The van der Waals surface area contributed by atoms with Crippen molar-refractivity contribution < 1.29 is 0 Å². The Balaban J connectivity index is 1.83. The quantitative estimate of drug-likeness (QED) is 0.715. The first-order chi connectivity index (χ1) is 7.92. The van der Waals surface area contributed by atoms with Crippen LogP contribution >= 0.6 is 11.3 Å². The number of aryl methyl sites for hydroxylation is 1. The Morgan fingerprint density at radius 2 is 1.88 bits per heavy atom. The minimum absolute atomic E-state index is 1.11. The second-order valence-corrected chi connectivity index (χ2v) is 5.26. The minimum Gasteiger partial charge on any atom is -0.148 e. The van der Waals surface area contributed by atoms with Gasteiger partial charge in [-0.25, -0.2) is 0 Å². The predicted molar refractivity (Wildman–Crippen MR) is 70.8 cm³/mol. The van der Waals surface area contributed by atoms with Crippen LogP contribution < -0.4 is 0 Å². The van der Waals surface area contributed by atoms with Crippen LogP contribution in [-0.2, 0) is 12.8 Å². The highest BCUT2D eigenvalue weighted by molar-refractivity contribution is 7.10. The summed E-state index contributed by atoms with van der Waals surface area (Å²) in [7, 11) is 0. The molecule has 80 valence electrons. The molecule has 2 aromatic rings. The van der Waals surface area contributed by atoms with Gasteiger partial charge in [-0.15, -0.1) is 11.3 Å². The van der Waals surface area contributed by atoms with E-state index in [0.29, 0.717) is 0 Å². The molecule has 0 unspecified atom stereocenters. The molecule has 16 heavy (non-hydrogen) atoms. The summed E-state index contributed by atoms with van der Waals surface area (Å²) >= 11 is 1.89. The summed E-state index contributed by atoms with van der Waals surface area (Å²) in [5, 5.41) is 2.20. The van der Waals surface area contributed by atoms with Crippen LogP contribution in [0.2, 0.25) is 0 Å². The first-order valence-electron chi connectivity index (χ1n) is 5.71. The first-order valence-corrected chi connectivity index (χ1v) is 6.59. The Labute approximate surface area is 100 Å². The van der Waals surface area contributed by atoms with Crippen LogP contribution in [0.3, 0.4) is 0 Å². The van der Waals surface area contributed by atoms with Crippen LogP contribution in [0, 0.1) is 0 Å². The third-order valence-corrected chi connectivity index (χ3v) is 4.08. The van der Waals surface area contributed by atoms with Gasteiger partial charge in [0.15, 0.2) is 0 Å². The van der Waals surface area contributed by atoms with Gasteiger partial charge < -0.3 is 0 Å². The Morgan fingerprint density at radius 3 is 2.75 bits per heavy atom. The van der Waals surface area contributed by atoms with E-state index < -0.39 is 0 Å². The number of rotatable bonds is 2. The number of allylic oxidation sites excluding steroid dienone is 1. The zero-order valence-corrected chi connectivity index (χ0v) is 9.96. The van der Waals surface area contributed by atoms with E-state index in [1.54, 1.807) is 10.5 Å². The minimum atomic E-state index is 1.11. The summed E-state index contributed by atoms with van der Waals surface area (Å²) < 4.78 is 0. The lowest BCUT2D eigenvalue weighted by molar-refractivity contribution is 0.904. The van der Waals surface area contributed by atoms with Crippen molar-refractivity contribution >= 4 is 17.4 Å². The average Bonchev–Trinajstić information content (AvgIpc) is 2.77. The van der Waals surface area contributed by atoms with Crippen molar-refractivity contribution in [2.75, 3.05) is 0 Å². The second kappa shape index (κ2) is 4.26.